The molecule has 176 valence electrons. The van der Waals surface area contributed by atoms with Crippen molar-refractivity contribution >= 4 is 33.6 Å². The highest BCUT2D eigenvalue weighted by Gasteiger charge is 2.59. The average Bonchev–Trinajstić information content (AvgIpc) is 3.61. The molecule has 3 fully saturated rings. The van der Waals surface area contributed by atoms with Gasteiger partial charge in [-0.2, -0.15) is 0 Å². The number of H-pyrrole nitrogens is 1. The van der Waals surface area contributed by atoms with E-state index in [1.165, 1.54) is 0 Å². The maximum absolute atomic E-state index is 13.5. The number of rotatable bonds is 3. The molecule has 2 saturated heterocycles. The van der Waals surface area contributed by atoms with Crippen molar-refractivity contribution in [2.75, 3.05) is 33.3 Å². The van der Waals surface area contributed by atoms with E-state index in [1.54, 1.807) is 13.2 Å². The molecule has 0 radical (unpaired) electrons. The fourth-order valence-corrected chi connectivity index (χ4v) is 6.67. The number of hydrogen-bond acceptors (Lipinski definition) is 5. The Labute approximate surface area is 201 Å². The van der Waals surface area contributed by atoms with Gasteiger partial charge in [0.05, 0.1) is 18.2 Å². The fourth-order valence-electron chi connectivity index (χ4n) is 6.67. The molecule has 3 heterocycles. The van der Waals surface area contributed by atoms with Gasteiger partial charge in [0.1, 0.15) is 11.3 Å². The van der Waals surface area contributed by atoms with Crippen LogP contribution in [-0.2, 0) is 0 Å². The van der Waals surface area contributed by atoms with Crippen LogP contribution >= 0.6 is 0 Å². The van der Waals surface area contributed by atoms with Crippen molar-refractivity contribution in [3.8, 4) is 5.75 Å². The maximum Gasteiger partial charge on any atom is 0.257 e. The Bertz CT molecular complexity index is 1480. The first-order valence-electron chi connectivity index (χ1n) is 12.1. The predicted molar refractivity (Wildman–Crippen MR) is 130 cm³/mol. The number of carbonyl (C=O) groups excluding carboxylic acids is 2. The predicted octanol–water partition coefficient (Wildman–Crippen LogP) is 3.21. The molecule has 3 aromatic carbocycles. The Morgan fingerprint density at radius 2 is 1.57 bits per heavy atom. The number of ether oxygens (including phenoxy) is 1. The molecule has 8 heteroatoms. The van der Waals surface area contributed by atoms with E-state index >= 15 is 0 Å². The second kappa shape index (κ2) is 7.53. The zero-order chi connectivity index (χ0) is 23.7. The lowest BCUT2D eigenvalue weighted by Gasteiger charge is -2.42. The van der Waals surface area contributed by atoms with Gasteiger partial charge in [-0.3, -0.25) is 14.7 Å². The van der Waals surface area contributed by atoms with Crippen LogP contribution in [0.15, 0.2) is 54.6 Å². The number of hydrogen-bond donors (Lipinski definition) is 1. The Hall–Kier alpha value is -3.94. The zero-order valence-electron chi connectivity index (χ0n) is 19.3. The number of benzene rings is 3. The van der Waals surface area contributed by atoms with Gasteiger partial charge in [0.2, 0.25) is 0 Å². The fraction of sp³-hybridized carbons (Fsp3) is 0.333. The van der Waals surface area contributed by atoms with Crippen LogP contribution in [0.1, 0.15) is 20.7 Å². The van der Waals surface area contributed by atoms with Gasteiger partial charge in [0.25, 0.3) is 11.8 Å². The standard InChI is InChI=1S/C27H25N5O3/c1-35-25-17-5-3-2-4-15(17)6-8-18(25)27(34)32-13-21-19-11-31(12-20(19)22(21)14-32)26(33)16-7-9-23-24(10-16)29-30-28-23/h2-10,19-22H,11-14H2,1H3,(H,28,29,30)/t19-,20+,21+,22-. The molecule has 0 bridgehead atoms. The molecule has 7 rings (SSSR count). The normalized spacial score (nSPS) is 24.9. The summed E-state index contributed by atoms with van der Waals surface area (Å²) in [5.41, 5.74) is 2.80. The molecule has 1 aromatic heterocycles. The highest BCUT2D eigenvalue weighted by atomic mass is 16.5. The smallest absolute Gasteiger partial charge is 0.257 e. The van der Waals surface area contributed by atoms with Gasteiger partial charge in [0, 0.05) is 37.1 Å². The minimum absolute atomic E-state index is 0.0360. The monoisotopic (exact) mass is 467 g/mol. The van der Waals surface area contributed by atoms with E-state index in [2.05, 4.69) is 15.4 Å². The minimum atomic E-state index is 0.0360. The molecule has 2 amide bonds. The summed E-state index contributed by atoms with van der Waals surface area (Å²) in [6.07, 6.45) is 0. The van der Waals surface area contributed by atoms with Crippen molar-refractivity contribution in [2.24, 2.45) is 23.7 Å². The van der Waals surface area contributed by atoms with E-state index in [0.717, 1.165) is 42.5 Å². The van der Waals surface area contributed by atoms with E-state index < -0.39 is 0 Å². The number of fused-ring (bicyclic) bond motifs is 6. The molecule has 4 aromatic rings. The van der Waals surface area contributed by atoms with Crippen LogP contribution in [0.3, 0.4) is 0 Å². The topological polar surface area (TPSA) is 91.4 Å². The van der Waals surface area contributed by atoms with Crippen molar-refractivity contribution in [3.63, 3.8) is 0 Å². The second-order valence-electron chi connectivity index (χ2n) is 9.99. The van der Waals surface area contributed by atoms with E-state index in [4.69, 9.17) is 4.74 Å². The van der Waals surface area contributed by atoms with Crippen molar-refractivity contribution in [1.29, 1.82) is 0 Å². The number of aromatic amines is 1. The number of likely N-dealkylation sites (tertiary alicyclic amines) is 2. The lowest BCUT2D eigenvalue weighted by molar-refractivity contribution is 0.0629. The third-order valence-corrected chi connectivity index (χ3v) is 8.39. The highest BCUT2D eigenvalue weighted by Crippen LogP contribution is 2.54. The molecule has 0 unspecified atom stereocenters. The summed E-state index contributed by atoms with van der Waals surface area (Å²) in [5.74, 6) is 2.54. The van der Waals surface area contributed by atoms with Gasteiger partial charge in [-0.05, 0) is 53.3 Å². The first-order valence-corrected chi connectivity index (χ1v) is 12.1. The zero-order valence-corrected chi connectivity index (χ0v) is 19.3. The van der Waals surface area contributed by atoms with Crippen LogP contribution in [0.25, 0.3) is 21.8 Å². The van der Waals surface area contributed by atoms with Crippen LogP contribution < -0.4 is 4.74 Å². The summed E-state index contributed by atoms with van der Waals surface area (Å²) in [7, 11) is 1.63. The lowest BCUT2D eigenvalue weighted by Crippen LogP contribution is -2.44. The molecule has 1 saturated carbocycles. The van der Waals surface area contributed by atoms with Crippen LogP contribution in [0, 0.1) is 23.7 Å². The third-order valence-electron chi connectivity index (χ3n) is 8.39. The Morgan fingerprint density at radius 3 is 2.29 bits per heavy atom. The quantitative estimate of drug-likeness (QED) is 0.500. The van der Waals surface area contributed by atoms with Gasteiger partial charge in [-0.15, -0.1) is 5.10 Å². The van der Waals surface area contributed by atoms with Crippen LogP contribution in [0.4, 0.5) is 0 Å². The lowest BCUT2D eigenvalue weighted by atomic mass is 9.60. The molecular formula is C27H25N5O3. The Balaban J connectivity index is 1.07. The number of nitrogens with zero attached hydrogens (tertiary/aromatic N) is 4. The SMILES string of the molecule is COc1c(C(=O)N2C[C@@H]3[C@H]4CN(C(=O)c5ccc6[nH]nnc6c5)C[C@H]4[C@@H]3C2)ccc2ccccc12. The highest BCUT2D eigenvalue weighted by molar-refractivity contribution is 6.04. The van der Waals surface area contributed by atoms with Crippen LogP contribution in [0.2, 0.25) is 0 Å². The van der Waals surface area contributed by atoms with E-state index in [-0.39, 0.29) is 11.8 Å². The summed E-state index contributed by atoms with van der Waals surface area (Å²) < 4.78 is 5.69. The maximum atomic E-state index is 13.5. The van der Waals surface area contributed by atoms with Gasteiger partial charge in [-0.25, -0.2) is 0 Å². The molecule has 1 N–H and O–H groups in total. The number of aromatic nitrogens is 3. The van der Waals surface area contributed by atoms with Crippen molar-refractivity contribution in [3.05, 3.63) is 65.7 Å². The molecule has 1 aliphatic carbocycles. The third kappa shape index (κ3) is 2.98. The molecule has 3 aliphatic rings. The van der Waals surface area contributed by atoms with Crippen LogP contribution in [0.5, 0.6) is 5.75 Å². The number of nitrogens with one attached hydrogen (secondary N) is 1. The summed E-state index contributed by atoms with van der Waals surface area (Å²) in [4.78, 5) is 30.7. The van der Waals surface area contributed by atoms with Gasteiger partial charge in [-0.1, -0.05) is 35.5 Å². The summed E-state index contributed by atoms with van der Waals surface area (Å²) in [6.45, 7) is 2.99. The van der Waals surface area contributed by atoms with E-state index in [1.807, 2.05) is 58.3 Å². The minimum Gasteiger partial charge on any atom is -0.495 e. The summed E-state index contributed by atoms with van der Waals surface area (Å²) >= 11 is 0. The number of amides is 2. The Morgan fingerprint density at radius 1 is 0.886 bits per heavy atom. The van der Waals surface area contributed by atoms with Crippen LogP contribution in [-0.4, -0.2) is 70.3 Å². The van der Waals surface area contributed by atoms with E-state index in [0.29, 0.717) is 46.1 Å². The molecule has 8 nitrogen and oxygen atoms in total. The molecule has 0 spiro atoms. The van der Waals surface area contributed by atoms with E-state index in [9.17, 15) is 9.59 Å². The first kappa shape index (κ1) is 20.4. The summed E-state index contributed by atoms with van der Waals surface area (Å²) in [5, 5.41) is 12.7. The molecule has 2 aliphatic heterocycles. The van der Waals surface area contributed by atoms with Crippen molar-refractivity contribution in [1.82, 2.24) is 25.2 Å². The second-order valence-corrected chi connectivity index (χ2v) is 9.99. The molecule has 4 atom stereocenters. The molecular weight excluding hydrogens is 442 g/mol. The first-order chi connectivity index (χ1) is 17.1. The van der Waals surface area contributed by atoms with Gasteiger partial charge >= 0.3 is 0 Å². The van der Waals surface area contributed by atoms with Crippen molar-refractivity contribution < 1.29 is 14.3 Å². The van der Waals surface area contributed by atoms with Gasteiger partial charge in [0.15, 0.2) is 0 Å². The molecule has 35 heavy (non-hydrogen) atoms. The number of carbonyl (C=O) groups is 2. The van der Waals surface area contributed by atoms with Gasteiger partial charge < -0.3 is 14.5 Å². The average molecular weight is 468 g/mol. The number of methoxy groups -OCH3 is 1. The summed E-state index contributed by atoms with van der Waals surface area (Å²) in [6, 6.07) is 17.3. The largest absolute Gasteiger partial charge is 0.495 e. The Kier molecular flexibility index (Phi) is 4.40. The van der Waals surface area contributed by atoms with Crippen molar-refractivity contribution in [2.45, 2.75) is 0 Å².